The summed E-state index contributed by atoms with van der Waals surface area (Å²) in [4.78, 5) is 10.4. The smallest absolute Gasteiger partial charge is 0.402 e. The third-order valence-corrected chi connectivity index (χ3v) is 2.22. The highest BCUT2D eigenvalue weighted by molar-refractivity contribution is 5.70. The first kappa shape index (κ1) is 11.3. The number of carboxylic acids is 1. The molecule has 2 atom stereocenters. The molecule has 1 saturated heterocycles. The number of aliphatic carboxylic acids is 1. The number of carboxylic acid groups (broad SMARTS) is 1. The van der Waals surface area contributed by atoms with Crippen molar-refractivity contribution in [2.45, 2.75) is 31.5 Å². The molecule has 0 saturated carbocycles. The van der Waals surface area contributed by atoms with Gasteiger partial charge in [-0.1, -0.05) is 0 Å². The van der Waals surface area contributed by atoms with Gasteiger partial charge in [0.25, 0.3) is 0 Å². The van der Waals surface area contributed by atoms with Crippen LogP contribution in [0.3, 0.4) is 0 Å². The zero-order chi connectivity index (χ0) is 10.8. The number of halogens is 3. The summed E-state index contributed by atoms with van der Waals surface area (Å²) in [5.74, 6) is -4.13. The molecule has 1 fully saturated rings. The normalized spacial score (nSPS) is 24.9. The number of alkyl halides is 3. The summed E-state index contributed by atoms with van der Waals surface area (Å²) >= 11 is 0. The minimum absolute atomic E-state index is 0.425. The van der Waals surface area contributed by atoms with Gasteiger partial charge in [-0.05, 0) is 19.3 Å². The Morgan fingerprint density at radius 2 is 2.21 bits per heavy atom. The molecule has 0 aromatic heterocycles. The molecule has 0 amide bonds. The summed E-state index contributed by atoms with van der Waals surface area (Å²) in [5.41, 5.74) is 0. The molecule has 0 radical (unpaired) electrons. The second kappa shape index (κ2) is 4.16. The van der Waals surface area contributed by atoms with Crippen molar-refractivity contribution in [3.05, 3.63) is 0 Å². The molecule has 0 aromatic rings. The fourth-order valence-corrected chi connectivity index (χ4v) is 1.47. The summed E-state index contributed by atoms with van der Waals surface area (Å²) in [6.07, 6.45) is -4.50. The van der Waals surface area contributed by atoms with E-state index < -0.39 is 30.6 Å². The first-order valence-electron chi connectivity index (χ1n) is 4.32. The Bertz CT molecular complexity index is 208. The largest absolute Gasteiger partial charge is 0.481 e. The van der Waals surface area contributed by atoms with Gasteiger partial charge >= 0.3 is 12.1 Å². The molecular formula is C8H11F3O3. The molecule has 3 nitrogen and oxygen atoms in total. The second-order valence-corrected chi connectivity index (χ2v) is 3.30. The molecule has 1 heterocycles. The Labute approximate surface area is 78.9 Å². The Hall–Kier alpha value is -0.780. The summed E-state index contributed by atoms with van der Waals surface area (Å²) in [6, 6.07) is 0. The Kier molecular flexibility index (Phi) is 3.36. The van der Waals surface area contributed by atoms with Crippen LogP contribution in [-0.4, -0.2) is 30.0 Å². The standard InChI is InChI=1S/C8H11F3O3/c9-8(10,11)6(7(12)13)4-5-2-1-3-14-5/h5-6H,1-4H2,(H,12,13)/t5-,6+/m1/s1. The van der Waals surface area contributed by atoms with E-state index in [-0.39, 0.29) is 0 Å². The van der Waals surface area contributed by atoms with E-state index in [9.17, 15) is 18.0 Å². The molecule has 14 heavy (non-hydrogen) atoms. The van der Waals surface area contributed by atoms with Gasteiger partial charge in [-0.25, -0.2) is 0 Å². The van der Waals surface area contributed by atoms with Crippen LogP contribution in [0.4, 0.5) is 13.2 Å². The third kappa shape index (κ3) is 2.87. The lowest BCUT2D eigenvalue weighted by molar-refractivity contribution is -0.198. The molecule has 1 aliphatic rings. The lowest BCUT2D eigenvalue weighted by Gasteiger charge is -2.18. The van der Waals surface area contributed by atoms with E-state index in [0.717, 1.165) is 0 Å². The van der Waals surface area contributed by atoms with Crippen LogP contribution in [0, 0.1) is 5.92 Å². The number of carbonyl (C=O) groups is 1. The first-order valence-corrected chi connectivity index (χ1v) is 4.32. The summed E-state index contributed by atoms with van der Waals surface area (Å²) in [7, 11) is 0. The molecule has 0 aliphatic carbocycles. The van der Waals surface area contributed by atoms with Crippen molar-refractivity contribution in [3.8, 4) is 0 Å². The fraction of sp³-hybridized carbons (Fsp3) is 0.875. The molecule has 0 bridgehead atoms. The minimum Gasteiger partial charge on any atom is -0.481 e. The van der Waals surface area contributed by atoms with Crippen molar-refractivity contribution in [1.82, 2.24) is 0 Å². The maximum Gasteiger partial charge on any atom is 0.402 e. The molecule has 0 spiro atoms. The predicted octanol–water partition coefficient (Wildman–Crippen LogP) is 1.82. The average Bonchev–Trinajstić information content (AvgIpc) is 2.48. The quantitative estimate of drug-likeness (QED) is 0.776. The molecule has 6 heteroatoms. The van der Waals surface area contributed by atoms with Crippen LogP contribution in [0.5, 0.6) is 0 Å². The maximum absolute atomic E-state index is 12.2. The zero-order valence-corrected chi connectivity index (χ0v) is 7.38. The Morgan fingerprint density at radius 1 is 1.57 bits per heavy atom. The van der Waals surface area contributed by atoms with E-state index in [1.807, 2.05) is 0 Å². The van der Waals surface area contributed by atoms with E-state index >= 15 is 0 Å². The van der Waals surface area contributed by atoms with Gasteiger partial charge in [-0.3, -0.25) is 4.79 Å². The van der Waals surface area contributed by atoms with Gasteiger partial charge < -0.3 is 9.84 Å². The summed E-state index contributed by atoms with van der Waals surface area (Å²) in [6.45, 7) is 0.425. The van der Waals surface area contributed by atoms with Crippen molar-refractivity contribution in [1.29, 1.82) is 0 Å². The van der Waals surface area contributed by atoms with Crippen LogP contribution in [0.25, 0.3) is 0 Å². The van der Waals surface area contributed by atoms with Crippen molar-refractivity contribution in [3.63, 3.8) is 0 Å². The number of hydrogen-bond acceptors (Lipinski definition) is 2. The van der Waals surface area contributed by atoms with Crippen LogP contribution < -0.4 is 0 Å². The summed E-state index contributed by atoms with van der Waals surface area (Å²) in [5, 5.41) is 8.39. The molecule has 0 unspecified atom stereocenters. The van der Waals surface area contributed by atoms with Crippen LogP contribution in [0.2, 0.25) is 0 Å². The van der Waals surface area contributed by atoms with Crippen LogP contribution in [0.15, 0.2) is 0 Å². The van der Waals surface area contributed by atoms with Gasteiger partial charge in [-0.2, -0.15) is 13.2 Å². The van der Waals surface area contributed by atoms with Crippen molar-refractivity contribution < 1.29 is 27.8 Å². The zero-order valence-electron chi connectivity index (χ0n) is 7.38. The van der Waals surface area contributed by atoms with Gasteiger partial charge in [0.15, 0.2) is 5.92 Å². The van der Waals surface area contributed by atoms with E-state index in [1.165, 1.54) is 0 Å². The van der Waals surface area contributed by atoms with E-state index in [2.05, 4.69) is 0 Å². The van der Waals surface area contributed by atoms with Gasteiger partial charge in [0.2, 0.25) is 0 Å². The first-order chi connectivity index (χ1) is 6.41. The van der Waals surface area contributed by atoms with Crippen LogP contribution >= 0.6 is 0 Å². The monoisotopic (exact) mass is 212 g/mol. The van der Waals surface area contributed by atoms with Gasteiger partial charge in [0.05, 0.1) is 6.10 Å². The highest BCUT2D eigenvalue weighted by Gasteiger charge is 2.46. The molecular weight excluding hydrogens is 201 g/mol. The lowest BCUT2D eigenvalue weighted by Crippen LogP contribution is -2.33. The Balaban J connectivity index is 2.55. The molecule has 1 N–H and O–H groups in total. The van der Waals surface area contributed by atoms with E-state index in [4.69, 9.17) is 9.84 Å². The maximum atomic E-state index is 12.2. The van der Waals surface area contributed by atoms with Gasteiger partial charge in [0.1, 0.15) is 0 Å². The van der Waals surface area contributed by atoms with Crippen LogP contribution in [-0.2, 0) is 9.53 Å². The molecule has 82 valence electrons. The van der Waals surface area contributed by atoms with Gasteiger partial charge in [0, 0.05) is 6.61 Å². The highest BCUT2D eigenvalue weighted by Crippen LogP contribution is 2.32. The molecule has 1 rings (SSSR count). The summed E-state index contributed by atoms with van der Waals surface area (Å²) < 4.78 is 41.5. The van der Waals surface area contributed by atoms with Crippen molar-refractivity contribution in [2.75, 3.05) is 6.61 Å². The number of hydrogen-bond donors (Lipinski definition) is 1. The topological polar surface area (TPSA) is 46.5 Å². The van der Waals surface area contributed by atoms with Gasteiger partial charge in [-0.15, -0.1) is 0 Å². The van der Waals surface area contributed by atoms with Crippen molar-refractivity contribution >= 4 is 5.97 Å². The molecule has 0 aromatic carbocycles. The average molecular weight is 212 g/mol. The van der Waals surface area contributed by atoms with Crippen LogP contribution in [0.1, 0.15) is 19.3 Å². The molecule has 1 aliphatic heterocycles. The fourth-order valence-electron chi connectivity index (χ4n) is 1.47. The third-order valence-electron chi connectivity index (χ3n) is 2.22. The Morgan fingerprint density at radius 3 is 2.57 bits per heavy atom. The minimum atomic E-state index is -4.68. The van der Waals surface area contributed by atoms with E-state index in [0.29, 0.717) is 19.4 Å². The lowest BCUT2D eigenvalue weighted by atomic mass is 9.99. The number of ether oxygens (including phenoxy) is 1. The SMILES string of the molecule is O=C(O)[C@H](C[C@H]1CCCO1)C(F)(F)F. The van der Waals surface area contributed by atoms with E-state index in [1.54, 1.807) is 0 Å². The number of rotatable bonds is 3. The second-order valence-electron chi connectivity index (χ2n) is 3.30. The highest BCUT2D eigenvalue weighted by atomic mass is 19.4. The predicted molar refractivity (Wildman–Crippen MR) is 40.8 cm³/mol. The van der Waals surface area contributed by atoms with Crippen molar-refractivity contribution in [2.24, 2.45) is 5.92 Å².